The van der Waals surface area contributed by atoms with E-state index in [4.69, 9.17) is 9.47 Å². The molecule has 0 spiro atoms. The summed E-state index contributed by atoms with van der Waals surface area (Å²) >= 11 is 0. The molecule has 1 aromatic carbocycles. The second kappa shape index (κ2) is 8.69. The van der Waals surface area contributed by atoms with Gasteiger partial charge in [-0.1, -0.05) is 18.2 Å². The first kappa shape index (κ1) is 19.5. The molecule has 0 aliphatic carbocycles. The zero-order valence-electron chi connectivity index (χ0n) is 17.1. The first-order valence-corrected chi connectivity index (χ1v) is 10.1. The van der Waals surface area contributed by atoms with Crippen LogP contribution in [0.25, 0.3) is 0 Å². The SMILES string of the molecule is COc1cccc2c1OC[C@H](C(=O)NCc1cccnc1N1CCN(C)CC1)C2. The number of ether oxygens (including phenoxy) is 2. The summed E-state index contributed by atoms with van der Waals surface area (Å²) in [5, 5.41) is 3.09. The number of likely N-dealkylation sites (N-methyl/N-ethyl adjacent to an activating group) is 1. The van der Waals surface area contributed by atoms with Crippen molar-refractivity contribution in [1.82, 2.24) is 15.2 Å². The number of piperazine rings is 1. The van der Waals surface area contributed by atoms with E-state index in [0.29, 0.717) is 25.3 Å². The summed E-state index contributed by atoms with van der Waals surface area (Å²) in [6, 6.07) is 9.76. The van der Waals surface area contributed by atoms with Crippen LogP contribution in [-0.4, -0.2) is 62.7 Å². The van der Waals surface area contributed by atoms with Gasteiger partial charge in [0.05, 0.1) is 13.0 Å². The molecule has 2 aliphatic heterocycles. The van der Waals surface area contributed by atoms with Crippen LogP contribution in [-0.2, 0) is 17.8 Å². The van der Waals surface area contributed by atoms with Gasteiger partial charge in [0.2, 0.25) is 5.91 Å². The highest BCUT2D eigenvalue weighted by molar-refractivity contribution is 5.80. The Labute approximate surface area is 171 Å². The lowest BCUT2D eigenvalue weighted by molar-refractivity contribution is -0.126. The highest BCUT2D eigenvalue weighted by Gasteiger charge is 2.28. The normalized spacial score (nSPS) is 19.2. The molecule has 1 fully saturated rings. The van der Waals surface area contributed by atoms with Crippen LogP contribution in [0.1, 0.15) is 11.1 Å². The number of nitrogens with one attached hydrogen (secondary N) is 1. The third-order valence-corrected chi connectivity index (χ3v) is 5.67. The monoisotopic (exact) mass is 396 g/mol. The predicted octanol–water partition coefficient (Wildman–Crippen LogP) is 1.71. The highest BCUT2D eigenvalue weighted by Crippen LogP contribution is 2.36. The number of hydrogen-bond donors (Lipinski definition) is 1. The van der Waals surface area contributed by atoms with Gasteiger partial charge in [-0.15, -0.1) is 0 Å². The first-order chi connectivity index (χ1) is 14.2. The second-order valence-electron chi connectivity index (χ2n) is 7.65. The molecule has 0 saturated carbocycles. The summed E-state index contributed by atoms with van der Waals surface area (Å²) < 4.78 is 11.2. The Morgan fingerprint density at radius 2 is 2.07 bits per heavy atom. The van der Waals surface area contributed by atoms with Crippen LogP contribution in [0.3, 0.4) is 0 Å². The van der Waals surface area contributed by atoms with Crippen LogP contribution in [0, 0.1) is 5.92 Å². The van der Waals surface area contributed by atoms with Crippen molar-refractivity contribution in [3.63, 3.8) is 0 Å². The Kier molecular flexibility index (Phi) is 5.85. The van der Waals surface area contributed by atoms with Crippen molar-refractivity contribution in [3.8, 4) is 11.5 Å². The number of para-hydroxylation sites is 1. The average molecular weight is 396 g/mol. The number of pyridine rings is 1. The van der Waals surface area contributed by atoms with E-state index in [2.05, 4.69) is 27.1 Å². The van der Waals surface area contributed by atoms with Crippen LogP contribution in [0.4, 0.5) is 5.82 Å². The summed E-state index contributed by atoms with van der Waals surface area (Å²) in [7, 11) is 3.76. The molecule has 1 atom stereocenters. The van der Waals surface area contributed by atoms with E-state index < -0.39 is 0 Å². The van der Waals surface area contributed by atoms with Crippen molar-refractivity contribution in [3.05, 3.63) is 47.7 Å². The molecule has 2 aromatic rings. The lowest BCUT2D eigenvalue weighted by Crippen LogP contribution is -2.45. The number of fused-ring (bicyclic) bond motifs is 1. The molecule has 1 amide bonds. The number of carbonyl (C=O) groups is 1. The minimum Gasteiger partial charge on any atom is -0.493 e. The molecular weight excluding hydrogens is 368 g/mol. The standard InChI is InChI=1S/C22H28N4O3/c1-25-9-11-26(12-10-25)21-17(6-4-8-23-21)14-24-22(27)18-13-16-5-3-7-19(28-2)20(16)29-15-18/h3-8,18H,9-15H2,1-2H3,(H,24,27)/t18-/m1/s1. The van der Waals surface area contributed by atoms with Gasteiger partial charge in [0.25, 0.3) is 0 Å². The second-order valence-corrected chi connectivity index (χ2v) is 7.65. The topological polar surface area (TPSA) is 66.9 Å². The highest BCUT2D eigenvalue weighted by atomic mass is 16.5. The zero-order valence-corrected chi connectivity index (χ0v) is 17.1. The predicted molar refractivity (Wildman–Crippen MR) is 111 cm³/mol. The van der Waals surface area contributed by atoms with Crippen LogP contribution in [0.5, 0.6) is 11.5 Å². The largest absolute Gasteiger partial charge is 0.493 e. The number of methoxy groups -OCH3 is 1. The van der Waals surface area contributed by atoms with Gasteiger partial charge in [0.15, 0.2) is 11.5 Å². The van der Waals surface area contributed by atoms with E-state index >= 15 is 0 Å². The Morgan fingerprint density at radius 1 is 1.24 bits per heavy atom. The summed E-state index contributed by atoms with van der Waals surface area (Å²) in [4.78, 5) is 22.0. The van der Waals surface area contributed by atoms with E-state index in [1.54, 1.807) is 7.11 Å². The van der Waals surface area contributed by atoms with Crippen molar-refractivity contribution in [2.75, 3.05) is 51.8 Å². The Balaban J connectivity index is 1.39. The molecule has 1 N–H and O–H groups in total. The molecule has 3 heterocycles. The number of benzene rings is 1. The summed E-state index contributed by atoms with van der Waals surface area (Å²) in [5.41, 5.74) is 2.06. The van der Waals surface area contributed by atoms with Crippen molar-refractivity contribution in [2.45, 2.75) is 13.0 Å². The molecular formula is C22H28N4O3. The molecule has 29 heavy (non-hydrogen) atoms. The van der Waals surface area contributed by atoms with Crippen LogP contribution >= 0.6 is 0 Å². The third kappa shape index (κ3) is 4.29. The Bertz CT molecular complexity index is 865. The number of aromatic nitrogens is 1. The number of amides is 1. The van der Waals surface area contributed by atoms with Crippen molar-refractivity contribution < 1.29 is 14.3 Å². The fraction of sp³-hybridized carbons (Fsp3) is 0.455. The molecule has 0 unspecified atom stereocenters. The fourth-order valence-electron chi connectivity index (χ4n) is 3.92. The van der Waals surface area contributed by atoms with Gasteiger partial charge in [-0.25, -0.2) is 4.98 Å². The first-order valence-electron chi connectivity index (χ1n) is 10.1. The van der Waals surface area contributed by atoms with Gasteiger partial charge < -0.3 is 24.6 Å². The van der Waals surface area contributed by atoms with Gasteiger partial charge in [-0.2, -0.15) is 0 Å². The van der Waals surface area contributed by atoms with E-state index in [-0.39, 0.29) is 11.8 Å². The Hall–Kier alpha value is -2.80. The van der Waals surface area contributed by atoms with Crippen LogP contribution < -0.4 is 19.7 Å². The van der Waals surface area contributed by atoms with Gasteiger partial charge in [0, 0.05) is 44.5 Å². The molecule has 0 bridgehead atoms. The maximum Gasteiger partial charge on any atom is 0.227 e. The number of carbonyl (C=O) groups excluding carboxylic acids is 1. The molecule has 4 rings (SSSR count). The van der Waals surface area contributed by atoms with E-state index in [1.165, 1.54) is 0 Å². The third-order valence-electron chi connectivity index (χ3n) is 5.67. The minimum absolute atomic E-state index is 0.00616. The smallest absolute Gasteiger partial charge is 0.227 e. The van der Waals surface area contributed by atoms with Crippen molar-refractivity contribution in [1.29, 1.82) is 0 Å². The molecule has 7 nitrogen and oxygen atoms in total. The minimum atomic E-state index is -0.210. The molecule has 2 aliphatic rings. The maximum absolute atomic E-state index is 12.8. The van der Waals surface area contributed by atoms with E-state index in [0.717, 1.165) is 48.9 Å². The van der Waals surface area contributed by atoms with Gasteiger partial charge in [0.1, 0.15) is 12.4 Å². The number of nitrogens with zero attached hydrogens (tertiary/aromatic N) is 3. The molecule has 1 aromatic heterocycles. The van der Waals surface area contributed by atoms with Crippen LogP contribution in [0.15, 0.2) is 36.5 Å². The lowest BCUT2D eigenvalue weighted by atomic mass is 9.95. The lowest BCUT2D eigenvalue weighted by Gasteiger charge is -2.34. The number of hydrogen-bond acceptors (Lipinski definition) is 6. The van der Waals surface area contributed by atoms with Gasteiger partial charge >= 0.3 is 0 Å². The molecule has 7 heteroatoms. The quantitative estimate of drug-likeness (QED) is 0.830. The number of anilines is 1. The van der Waals surface area contributed by atoms with E-state index in [1.807, 2.05) is 36.5 Å². The van der Waals surface area contributed by atoms with Crippen molar-refractivity contribution >= 4 is 11.7 Å². The van der Waals surface area contributed by atoms with Gasteiger partial charge in [-0.3, -0.25) is 4.79 Å². The molecule has 0 radical (unpaired) electrons. The summed E-state index contributed by atoms with van der Waals surface area (Å²) in [6.45, 7) is 4.76. The van der Waals surface area contributed by atoms with Crippen LogP contribution in [0.2, 0.25) is 0 Å². The average Bonchev–Trinajstić information content (AvgIpc) is 2.77. The van der Waals surface area contributed by atoms with Gasteiger partial charge in [-0.05, 0) is 31.2 Å². The molecule has 1 saturated heterocycles. The zero-order chi connectivity index (χ0) is 20.2. The number of rotatable bonds is 5. The summed E-state index contributed by atoms with van der Waals surface area (Å²) in [5.74, 6) is 2.23. The van der Waals surface area contributed by atoms with Crippen molar-refractivity contribution in [2.24, 2.45) is 5.92 Å². The molecule has 154 valence electrons. The maximum atomic E-state index is 12.8. The fourth-order valence-corrected chi connectivity index (χ4v) is 3.92. The Morgan fingerprint density at radius 3 is 2.86 bits per heavy atom. The van der Waals surface area contributed by atoms with E-state index in [9.17, 15) is 4.79 Å². The summed E-state index contributed by atoms with van der Waals surface area (Å²) in [6.07, 6.45) is 2.47.